The first kappa shape index (κ1) is 15.6. The molecule has 3 atom stereocenters. The Morgan fingerprint density at radius 1 is 1.35 bits per heavy atom. The number of urea groups is 1. The van der Waals surface area contributed by atoms with Crippen LogP contribution in [0.15, 0.2) is 0 Å². The Morgan fingerprint density at radius 2 is 2.00 bits per heavy atom. The summed E-state index contributed by atoms with van der Waals surface area (Å²) in [5.74, 6) is 0. The number of nitrogens with one attached hydrogen (secondary N) is 1. The molecule has 2 aliphatic heterocycles. The summed E-state index contributed by atoms with van der Waals surface area (Å²) in [7, 11) is 0. The van der Waals surface area contributed by atoms with Crippen molar-refractivity contribution in [1.82, 2.24) is 10.2 Å². The zero-order valence-electron chi connectivity index (χ0n) is 13.1. The number of hydrogen-bond acceptors (Lipinski definition) is 3. The lowest BCUT2D eigenvalue weighted by Gasteiger charge is -2.41. The van der Waals surface area contributed by atoms with Crippen molar-refractivity contribution >= 4 is 6.03 Å². The van der Waals surface area contributed by atoms with E-state index in [2.05, 4.69) is 33.0 Å². The number of amides is 2. The Hall–Kier alpha value is -0.810. The van der Waals surface area contributed by atoms with Crippen LogP contribution in [0.25, 0.3) is 0 Å². The van der Waals surface area contributed by atoms with Crippen molar-refractivity contribution in [2.75, 3.05) is 19.7 Å². The molecule has 0 bridgehead atoms. The number of nitrogens with zero attached hydrogens (tertiary/aromatic N) is 1. The van der Waals surface area contributed by atoms with Crippen LogP contribution in [0.4, 0.5) is 4.79 Å². The lowest BCUT2D eigenvalue weighted by Crippen LogP contribution is -2.56. The second-order valence-electron chi connectivity index (χ2n) is 6.45. The van der Waals surface area contributed by atoms with Gasteiger partial charge in [0.2, 0.25) is 0 Å². The largest absolute Gasteiger partial charge is 0.375 e. The molecule has 116 valence electrons. The van der Waals surface area contributed by atoms with Crippen LogP contribution in [-0.4, -0.2) is 54.5 Å². The summed E-state index contributed by atoms with van der Waals surface area (Å²) in [6.45, 7) is 10.3. The first-order valence-electron chi connectivity index (χ1n) is 7.76. The molecule has 20 heavy (non-hydrogen) atoms. The fourth-order valence-electron chi connectivity index (χ4n) is 3.11. The van der Waals surface area contributed by atoms with Gasteiger partial charge < -0.3 is 19.7 Å². The molecule has 2 aliphatic rings. The molecule has 2 rings (SSSR count). The Labute approximate surface area is 122 Å². The van der Waals surface area contributed by atoms with Crippen LogP contribution in [0.2, 0.25) is 0 Å². The van der Waals surface area contributed by atoms with Crippen molar-refractivity contribution in [1.29, 1.82) is 0 Å². The molecule has 2 fully saturated rings. The third-order valence-corrected chi connectivity index (χ3v) is 4.40. The highest BCUT2D eigenvalue weighted by atomic mass is 16.5. The van der Waals surface area contributed by atoms with Crippen LogP contribution in [0.1, 0.15) is 47.0 Å². The summed E-state index contributed by atoms with van der Waals surface area (Å²) in [5.41, 5.74) is -0.203. The number of carbonyl (C=O) groups is 1. The van der Waals surface area contributed by atoms with E-state index in [0.717, 1.165) is 19.3 Å². The van der Waals surface area contributed by atoms with Crippen molar-refractivity contribution in [2.24, 2.45) is 0 Å². The van der Waals surface area contributed by atoms with Crippen LogP contribution in [0.5, 0.6) is 0 Å². The monoisotopic (exact) mass is 284 g/mol. The third-order valence-electron chi connectivity index (χ3n) is 4.40. The first-order valence-corrected chi connectivity index (χ1v) is 7.76. The summed E-state index contributed by atoms with van der Waals surface area (Å²) in [4.78, 5) is 14.3. The van der Waals surface area contributed by atoms with E-state index in [1.807, 2.05) is 4.90 Å². The molecule has 0 aromatic heterocycles. The van der Waals surface area contributed by atoms with Crippen molar-refractivity contribution < 1.29 is 14.3 Å². The Morgan fingerprint density at radius 3 is 2.60 bits per heavy atom. The molecule has 0 saturated carbocycles. The van der Waals surface area contributed by atoms with Gasteiger partial charge in [0, 0.05) is 12.6 Å². The first-order chi connectivity index (χ1) is 9.42. The van der Waals surface area contributed by atoms with E-state index in [-0.39, 0.29) is 29.9 Å². The number of ether oxygens (including phenoxy) is 2. The minimum absolute atomic E-state index is 0.0410. The average Bonchev–Trinajstić information content (AvgIpc) is 2.37. The van der Waals surface area contributed by atoms with Gasteiger partial charge in [-0.2, -0.15) is 0 Å². The smallest absolute Gasteiger partial charge is 0.317 e. The number of hydrogen-bond donors (Lipinski definition) is 1. The lowest BCUT2D eigenvalue weighted by molar-refractivity contribution is -0.0883. The summed E-state index contributed by atoms with van der Waals surface area (Å²) in [5, 5.41) is 3.16. The van der Waals surface area contributed by atoms with Crippen LogP contribution in [0.3, 0.4) is 0 Å². The van der Waals surface area contributed by atoms with Gasteiger partial charge in [-0.15, -0.1) is 0 Å². The minimum atomic E-state index is -0.203. The molecule has 1 N–H and O–H groups in total. The van der Waals surface area contributed by atoms with Gasteiger partial charge in [-0.1, -0.05) is 6.92 Å². The zero-order chi connectivity index (χ0) is 14.8. The molecular formula is C15H28N2O3. The molecule has 0 aromatic carbocycles. The lowest BCUT2D eigenvalue weighted by atomic mass is 9.99. The Bertz CT molecular complexity index is 340. The standard InChI is InChI=1S/C15H28N2O3/c1-5-15(4)10-17(6-7-19-15)14(18)16-13-8-11(2)20-12(3)9-13/h11-13H,5-10H2,1-4H3,(H,16,18). The van der Waals surface area contributed by atoms with E-state index in [1.54, 1.807) is 0 Å². The molecular weight excluding hydrogens is 256 g/mol. The van der Waals surface area contributed by atoms with Gasteiger partial charge >= 0.3 is 6.03 Å². The number of carbonyl (C=O) groups excluding carboxylic acids is 1. The van der Waals surface area contributed by atoms with E-state index >= 15 is 0 Å². The molecule has 0 spiro atoms. The predicted molar refractivity (Wildman–Crippen MR) is 77.8 cm³/mol. The molecule has 5 nitrogen and oxygen atoms in total. The highest BCUT2D eigenvalue weighted by molar-refractivity contribution is 5.74. The normalized spacial score (nSPS) is 38.6. The van der Waals surface area contributed by atoms with E-state index < -0.39 is 0 Å². The quantitative estimate of drug-likeness (QED) is 0.845. The molecule has 0 aliphatic carbocycles. The van der Waals surface area contributed by atoms with E-state index in [4.69, 9.17) is 9.47 Å². The number of rotatable bonds is 2. The molecule has 5 heteroatoms. The second-order valence-corrected chi connectivity index (χ2v) is 6.45. The molecule has 0 radical (unpaired) electrons. The van der Waals surface area contributed by atoms with Crippen molar-refractivity contribution in [3.63, 3.8) is 0 Å². The Balaban J connectivity index is 1.88. The highest BCUT2D eigenvalue weighted by Gasteiger charge is 2.34. The molecule has 2 heterocycles. The maximum Gasteiger partial charge on any atom is 0.317 e. The summed E-state index contributed by atoms with van der Waals surface area (Å²) in [6.07, 6.45) is 3.14. The number of morpholine rings is 1. The van der Waals surface area contributed by atoms with Gasteiger partial charge in [0.1, 0.15) is 0 Å². The topological polar surface area (TPSA) is 50.8 Å². The van der Waals surface area contributed by atoms with Crippen LogP contribution < -0.4 is 5.32 Å². The predicted octanol–water partition coefficient (Wildman–Crippen LogP) is 2.15. The fraction of sp³-hybridized carbons (Fsp3) is 0.933. The highest BCUT2D eigenvalue weighted by Crippen LogP contribution is 2.22. The van der Waals surface area contributed by atoms with Crippen LogP contribution in [-0.2, 0) is 9.47 Å². The maximum atomic E-state index is 12.4. The van der Waals surface area contributed by atoms with E-state index in [0.29, 0.717) is 19.7 Å². The van der Waals surface area contributed by atoms with Gasteiger partial charge in [-0.25, -0.2) is 4.79 Å². The van der Waals surface area contributed by atoms with Gasteiger partial charge in [-0.05, 0) is 40.0 Å². The summed E-state index contributed by atoms with van der Waals surface area (Å²) in [6, 6.07) is 0.260. The molecule has 0 aromatic rings. The maximum absolute atomic E-state index is 12.4. The van der Waals surface area contributed by atoms with Gasteiger partial charge in [0.05, 0.1) is 31.0 Å². The van der Waals surface area contributed by atoms with Gasteiger partial charge in [0.25, 0.3) is 0 Å². The molecule has 2 saturated heterocycles. The van der Waals surface area contributed by atoms with Crippen molar-refractivity contribution in [2.45, 2.75) is 70.8 Å². The fourth-order valence-corrected chi connectivity index (χ4v) is 3.11. The second kappa shape index (κ2) is 6.31. The summed E-state index contributed by atoms with van der Waals surface area (Å²) >= 11 is 0. The SMILES string of the molecule is CCC1(C)CN(C(=O)NC2CC(C)OC(C)C2)CCO1. The van der Waals surface area contributed by atoms with Crippen molar-refractivity contribution in [3.8, 4) is 0 Å². The molecule has 3 unspecified atom stereocenters. The van der Waals surface area contributed by atoms with Gasteiger partial charge in [-0.3, -0.25) is 0 Å². The zero-order valence-corrected chi connectivity index (χ0v) is 13.1. The van der Waals surface area contributed by atoms with Gasteiger partial charge in [0.15, 0.2) is 0 Å². The average molecular weight is 284 g/mol. The van der Waals surface area contributed by atoms with Crippen molar-refractivity contribution in [3.05, 3.63) is 0 Å². The molecule has 2 amide bonds. The Kier molecular flexibility index (Phi) is 4.91. The van der Waals surface area contributed by atoms with Crippen LogP contribution >= 0.6 is 0 Å². The third kappa shape index (κ3) is 3.85. The van der Waals surface area contributed by atoms with E-state index in [9.17, 15) is 4.79 Å². The van der Waals surface area contributed by atoms with E-state index in [1.165, 1.54) is 0 Å². The minimum Gasteiger partial charge on any atom is -0.375 e. The summed E-state index contributed by atoms with van der Waals surface area (Å²) < 4.78 is 11.5. The van der Waals surface area contributed by atoms with Crippen LogP contribution in [0, 0.1) is 0 Å².